The molecule has 0 rings (SSSR count). The van der Waals surface area contributed by atoms with Crippen LogP contribution in [0, 0.1) is 0 Å². The van der Waals surface area contributed by atoms with Crippen molar-refractivity contribution in [2.24, 2.45) is 0 Å². The molecule has 0 aromatic carbocycles. The predicted molar refractivity (Wildman–Crippen MR) is 86.2 cm³/mol. The number of unbranched alkanes of at least 4 members (excludes halogenated alkanes) is 2. The number of hydrogen-bond acceptors (Lipinski definition) is 6. The average Bonchev–Trinajstić information content (AvgIpc) is 2.40. The third kappa shape index (κ3) is 33.8. The molecular weight excluding hydrogens is 328 g/mol. The maximum atomic E-state index is 10.7. The van der Waals surface area contributed by atoms with Gasteiger partial charge in [0, 0.05) is 6.42 Å². The number of carboxylic acid groups (broad SMARTS) is 2. The second-order valence-electron chi connectivity index (χ2n) is 4.40. The molecule has 0 bridgehead atoms. The van der Waals surface area contributed by atoms with Gasteiger partial charge in [-0.1, -0.05) is 32.9 Å². The minimum absolute atomic E-state index is 0. The minimum atomic E-state index is -1.19. The van der Waals surface area contributed by atoms with Crippen LogP contribution in [0.4, 0.5) is 0 Å². The van der Waals surface area contributed by atoms with E-state index in [1.54, 1.807) is 0 Å². The molecule has 0 spiro atoms. The van der Waals surface area contributed by atoms with Gasteiger partial charge in [-0.05, 0) is 38.3 Å². The van der Waals surface area contributed by atoms with Crippen molar-refractivity contribution < 1.29 is 29.3 Å². The molecule has 0 aromatic heterocycles. The van der Waals surface area contributed by atoms with Gasteiger partial charge < -0.3 is 24.5 Å². The zero-order chi connectivity index (χ0) is 18.1. The van der Waals surface area contributed by atoms with Crippen LogP contribution in [0.5, 0.6) is 0 Å². The van der Waals surface area contributed by atoms with E-state index in [-0.39, 0.29) is 54.9 Å². The van der Waals surface area contributed by atoms with E-state index in [0.29, 0.717) is 13.0 Å². The first kappa shape index (κ1) is 30.1. The Morgan fingerprint density at radius 3 is 1.48 bits per heavy atom. The van der Waals surface area contributed by atoms with Crippen molar-refractivity contribution in [1.82, 2.24) is 0 Å². The van der Waals surface area contributed by atoms with E-state index in [1.807, 2.05) is 6.92 Å². The molecule has 0 aliphatic rings. The Balaban J connectivity index is -0.000000122. The van der Waals surface area contributed by atoms with Gasteiger partial charge in [-0.3, -0.25) is 4.79 Å². The zero-order valence-corrected chi connectivity index (χ0v) is 16.8. The molecule has 0 unspecified atom stereocenters. The van der Waals surface area contributed by atoms with Gasteiger partial charge in [0.1, 0.15) is 0 Å². The number of rotatable bonds is 7. The normalized spacial score (nSPS) is 8.00. The quantitative estimate of drug-likeness (QED) is 0.283. The molecule has 128 valence electrons. The summed E-state index contributed by atoms with van der Waals surface area (Å²) in [7, 11) is 0. The van der Waals surface area contributed by atoms with Gasteiger partial charge in [-0.25, -0.2) is 0 Å². The first-order valence-electron chi connectivity index (χ1n) is 6.99. The summed E-state index contributed by atoms with van der Waals surface area (Å²) in [6, 6.07) is 0. The standard InChI is InChI=1S/C8H16O2.2C4H6O2.Ca/c1-3-5-6-7-8(9)10-4-2;2*1-3(2)4(5)6;/h3-7H2,1-2H3;2*1H2,2H3,(H,5,6);/q;;;+2/p-2. The summed E-state index contributed by atoms with van der Waals surface area (Å²) in [6.45, 7) is 13.4. The molecule has 0 aromatic rings. The maximum absolute atomic E-state index is 10.7. The van der Waals surface area contributed by atoms with Crippen LogP contribution in [0.1, 0.15) is 53.4 Å². The largest absolute Gasteiger partial charge is 2.00 e. The van der Waals surface area contributed by atoms with Gasteiger partial charge in [-0.2, -0.15) is 0 Å². The molecule has 0 heterocycles. The van der Waals surface area contributed by atoms with E-state index in [2.05, 4.69) is 20.1 Å². The monoisotopic (exact) mass is 354 g/mol. The minimum Gasteiger partial charge on any atom is -0.545 e. The number of hydrogen-bond donors (Lipinski definition) is 0. The van der Waals surface area contributed by atoms with Crippen molar-refractivity contribution in [2.75, 3.05) is 6.61 Å². The number of aliphatic carboxylic acids is 2. The third-order valence-corrected chi connectivity index (χ3v) is 1.99. The summed E-state index contributed by atoms with van der Waals surface area (Å²) in [5, 5.41) is 19.0. The van der Waals surface area contributed by atoms with Gasteiger partial charge in [0.2, 0.25) is 0 Å². The van der Waals surface area contributed by atoms with Crippen molar-refractivity contribution in [3.8, 4) is 0 Å². The number of ether oxygens (including phenoxy) is 1. The Morgan fingerprint density at radius 2 is 1.26 bits per heavy atom. The van der Waals surface area contributed by atoms with Gasteiger partial charge in [0.25, 0.3) is 0 Å². The number of carbonyl (C=O) groups is 3. The SMILES string of the molecule is C=C(C)C(=O)[O-].C=C(C)C(=O)[O-].CCCCCC(=O)OCC.[Ca+2]. The molecule has 6 nitrogen and oxygen atoms in total. The van der Waals surface area contributed by atoms with Crippen molar-refractivity contribution in [3.63, 3.8) is 0 Å². The Hall–Kier alpha value is -0.850. The molecular formula is C16H26CaO6. The summed E-state index contributed by atoms with van der Waals surface area (Å²) in [5.74, 6) is -2.43. The summed E-state index contributed by atoms with van der Waals surface area (Å²) in [5.41, 5.74) is 0.130. The molecule has 0 amide bonds. The molecule has 7 heteroatoms. The molecule has 0 radical (unpaired) electrons. The molecule has 0 fully saturated rings. The van der Waals surface area contributed by atoms with E-state index in [0.717, 1.165) is 19.3 Å². The third-order valence-electron chi connectivity index (χ3n) is 1.99. The number of carboxylic acids is 2. The van der Waals surface area contributed by atoms with Crippen LogP contribution in [0.3, 0.4) is 0 Å². The van der Waals surface area contributed by atoms with Gasteiger partial charge in [0.05, 0.1) is 18.5 Å². The van der Waals surface area contributed by atoms with Crippen LogP contribution in [-0.4, -0.2) is 62.3 Å². The fraction of sp³-hybridized carbons (Fsp3) is 0.562. The molecule has 0 aliphatic carbocycles. The van der Waals surface area contributed by atoms with Crippen LogP contribution in [-0.2, 0) is 19.1 Å². The number of carbonyl (C=O) groups excluding carboxylic acids is 3. The van der Waals surface area contributed by atoms with Crippen molar-refractivity contribution >= 4 is 55.6 Å². The van der Waals surface area contributed by atoms with Gasteiger partial charge >= 0.3 is 43.7 Å². The Kier molecular flexibility index (Phi) is 27.7. The van der Waals surface area contributed by atoms with Crippen LogP contribution >= 0.6 is 0 Å². The van der Waals surface area contributed by atoms with Crippen LogP contribution in [0.2, 0.25) is 0 Å². The Morgan fingerprint density at radius 1 is 0.913 bits per heavy atom. The second-order valence-corrected chi connectivity index (χ2v) is 4.40. The average molecular weight is 354 g/mol. The van der Waals surface area contributed by atoms with Crippen LogP contribution in [0.15, 0.2) is 24.3 Å². The molecule has 23 heavy (non-hydrogen) atoms. The first-order valence-corrected chi connectivity index (χ1v) is 6.99. The first-order chi connectivity index (χ1) is 10.1. The van der Waals surface area contributed by atoms with E-state index < -0.39 is 11.9 Å². The van der Waals surface area contributed by atoms with Crippen molar-refractivity contribution in [2.45, 2.75) is 53.4 Å². The summed E-state index contributed by atoms with van der Waals surface area (Å²) >= 11 is 0. The second kappa shape index (κ2) is 21.1. The van der Waals surface area contributed by atoms with Crippen molar-refractivity contribution in [3.05, 3.63) is 24.3 Å². The number of esters is 1. The fourth-order valence-electron chi connectivity index (χ4n) is 0.752. The molecule has 0 N–H and O–H groups in total. The van der Waals surface area contributed by atoms with Crippen LogP contribution < -0.4 is 10.2 Å². The van der Waals surface area contributed by atoms with E-state index >= 15 is 0 Å². The maximum Gasteiger partial charge on any atom is 2.00 e. The van der Waals surface area contributed by atoms with Gasteiger partial charge in [-0.15, -0.1) is 0 Å². The van der Waals surface area contributed by atoms with Crippen LogP contribution in [0.25, 0.3) is 0 Å². The van der Waals surface area contributed by atoms with Gasteiger partial charge in [0.15, 0.2) is 0 Å². The summed E-state index contributed by atoms with van der Waals surface area (Å²) < 4.78 is 4.75. The predicted octanol–water partition coefficient (Wildman–Crippen LogP) is 0.374. The molecule has 0 aliphatic heterocycles. The smallest absolute Gasteiger partial charge is 0.545 e. The summed E-state index contributed by atoms with van der Waals surface area (Å²) in [4.78, 5) is 29.7. The Labute approximate surface area is 168 Å². The molecule has 0 saturated carbocycles. The van der Waals surface area contributed by atoms with E-state index in [9.17, 15) is 24.6 Å². The van der Waals surface area contributed by atoms with E-state index in [1.165, 1.54) is 13.8 Å². The van der Waals surface area contributed by atoms with Crippen molar-refractivity contribution in [1.29, 1.82) is 0 Å². The molecule has 0 atom stereocenters. The summed E-state index contributed by atoms with van der Waals surface area (Å²) in [6.07, 6.45) is 3.83. The van der Waals surface area contributed by atoms with E-state index in [4.69, 9.17) is 4.74 Å². The topological polar surface area (TPSA) is 107 Å². The fourth-order valence-corrected chi connectivity index (χ4v) is 0.752. The zero-order valence-electron chi connectivity index (χ0n) is 14.6. The molecule has 0 saturated heterocycles. The Bertz CT molecular complexity index is 329.